The normalized spacial score (nSPS) is 12.4. The van der Waals surface area contributed by atoms with Gasteiger partial charge in [-0.2, -0.15) is 0 Å². The number of rotatable bonds is 9. The number of alkyl halides is 2. The Bertz CT molecular complexity index is 1160. The molecule has 0 unspecified atom stereocenters. The van der Waals surface area contributed by atoms with Crippen LogP contribution in [0, 0.1) is 6.92 Å². The number of nitrogens with zero attached hydrogens (tertiary/aromatic N) is 1. The largest absolute Gasteiger partial charge is 0.430 e. The van der Waals surface area contributed by atoms with Gasteiger partial charge in [0.15, 0.2) is 0 Å². The number of halogens is 2. The van der Waals surface area contributed by atoms with E-state index in [0.29, 0.717) is 11.1 Å². The van der Waals surface area contributed by atoms with Crippen LogP contribution in [0.3, 0.4) is 0 Å². The summed E-state index contributed by atoms with van der Waals surface area (Å²) in [6, 6.07) is 11.1. The molecule has 0 aromatic heterocycles. The molecule has 2 aromatic carbocycles. The van der Waals surface area contributed by atoms with Crippen LogP contribution < -0.4 is 10.9 Å². The Balaban J connectivity index is 2.42. The maximum atomic E-state index is 13.8. The van der Waals surface area contributed by atoms with Crippen molar-refractivity contribution in [2.45, 2.75) is 95.3 Å². The summed E-state index contributed by atoms with van der Waals surface area (Å²) >= 11 is 7.12. The molecule has 0 fully saturated rings. The van der Waals surface area contributed by atoms with Gasteiger partial charge in [0.25, 0.3) is 11.8 Å². The summed E-state index contributed by atoms with van der Waals surface area (Å²) in [5.41, 5.74) is 6.19. The third-order valence-corrected chi connectivity index (χ3v) is 7.88. The standard InChI is InChI=1S/C29H39B2Br2N2O3/c1-10-12-19-13-11-14-21(18(19)2)25(36)34-35(27(3,4)5)26(37)20-15-16-22(24(32)33)23(17-20)31-38-29(8,9)28(6,7)30/h11,13-17,24H,10,12H2,1-9H3,(H,34,36). The van der Waals surface area contributed by atoms with E-state index in [0.717, 1.165) is 35.0 Å². The number of aryl methyl sites for hydroxylation is 1. The van der Waals surface area contributed by atoms with Crippen molar-refractivity contribution < 1.29 is 14.2 Å². The van der Waals surface area contributed by atoms with E-state index in [9.17, 15) is 9.59 Å². The molecular weight excluding hydrogens is 606 g/mol. The summed E-state index contributed by atoms with van der Waals surface area (Å²) in [6.45, 7) is 17.4. The van der Waals surface area contributed by atoms with Crippen molar-refractivity contribution in [3.63, 3.8) is 0 Å². The summed E-state index contributed by atoms with van der Waals surface area (Å²) in [4.78, 5) is 27.2. The van der Waals surface area contributed by atoms with Crippen LogP contribution in [0.2, 0.25) is 5.31 Å². The zero-order valence-corrected chi connectivity index (χ0v) is 27.2. The second-order valence-electron chi connectivity index (χ2n) is 11.7. The fourth-order valence-corrected chi connectivity index (χ4v) is 4.49. The molecule has 0 aliphatic carbocycles. The van der Waals surface area contributed by atoms with Gasteiger partial charge in [-0.15, -0.1) is 0 Å². The minimum atomic E-state index is -0.681. The molecule has 2 rings (SSSR count). The second kappa shape index (κ2) is 12.7. The maximum Gasteiger partial charge on any atom is 0.331 e. The van der Waals surface area contributed by atoms with E-state index >= 15 is 0 Å². The molecule has 0 atom stereocenters. The molecule has 2 aromatic rings. The second-order valence-corrected chi connectivity index (χ2v) is 14.8. The molecule has 0 aliphatic rings. The number of nitrogens with one attached hydrogen (secondary N) is 1. The van der Waals surface area contributed by atoms with E-state index < -0.39 is 16.5 Å². The summed E-state index contributed by atoms with van der Waals surface area (Å²) in [5, 5.41) is 0.798. The van der Waals surface area contributed by atoms with Gasteiger partial charge in [-0.25, -0.2) is 5.01 Å². The van der Waals surface area contributed by atoms with Crippen molar-refractivity contribution in [1.29, 1.82) is 0 Å². The molecule has 0 aliphatic heterocycles. The molecule has 9 heteroatoms. The lowest BCUT2D eigenvalue weighted by Gasteiger charge is -2.40. The monoisotopic (exact) mass is 643 g/mol. The molecule has 1 N–H and O–H groups in total. The molecule has 0 heterocycles. The van der Waals surface area contributed by atoms with E-state index in [1.165, 1.54) is 5.01 Å². The lowest BCUT2D eigenvalue weighted by molar-refractivity contribution is 0.0358. The Hall–Kier alpha value is -1.57. The Labute approximate surface area is 247 Å². The third kappa shape index (κ3) is 7.98. The lowest BCUT2D eigenvalue weighted by atomic mass is 9.61. The number of hydrogen-bond acceptors (Lipinski definition) is 3. The molecule has 0 saturated carbocycles. The smallest absolute Gasteiger partial charge is 0.331 e. The quantitative estimate of drug-likeness (QED) is 0.187. The van der Waals surface area contributed by atoms with Gasteiger partial charge < -0.3 is 4.65 Å². The predicted molar refractivity (Wildman–Crippen MR) is 166 cm³/mol. The molecule has 3 radical (unpaired) electrons. The predicted octanol–water partition coefficient (Wildman–Crippen LogP) is 6.73. The number of hydrogen-bond donors (Lipinski definition) is 1. The minimum Gasteiger partial charge on any atom is -0.430 e. The summed E-state index contributed by atoms with van der Waals surface area (Å²) in [6.07, 6.45) is 1.88. The van der Waals surface area contributed by atoms with Crippen LogP contribution in [0.15, 0.2) is 36.4 Å². The van der Waals surface area contributed by atoms with Gasteiger partial charge in [0, 0.05) is 16.7 Å². The third-order valence-electron chi connectivity index (χ3n) is 6.90. The van der Waals surface area contributed by atoms with Crippen LogP contribution in [0.1, 0.15) is 103 Å². The van der Waals surface area contributed by atoms with Crippen LogP contribution >= 0.6 is 31.9 Å². The topological polar surface area (TPSA) is 58.6 Å². The molecule has 0 bridgehead atoms. The molecule has 2 amide bonds. The van der Waals surface area contributed by atoms with Gasteiger partial charge in [-0.1, -0.05) is 83.3 Å². The molecular formula is C29H39B2Br2N2O3. The van der Waals surface area contributed by atoms with Gasteiger partial charge in [0.05, 0.1) is 17.1 Å². The minimum absolute atomic E-state index is 0.153. The summed E-state index contributed by atoms with van der Waals surface area (Å²) in [5.74, 6) is -0.642. The van der Waals surface area contributed by atoms with E-state index in [4.69, 9.17) is 12.5 Å². The van der Waals surface area contributed by atoms with Crippen LogP contribution in [0.4, 0.5) is 0 Å². The van der Waals surface area contributed by atoms with Crippen molar-refractivity contribution in [2.75, 3.05) is 0 Å². The SMILES string of the molecule is [B]C(C)(C)C(C)(C)O[B]c1cc(C(=O)N(NC(=O)c2cccc(CCC)c2C)C(C)(C)C)ccc1C(Br)Br. The molecule has 38 heavy (non-hydrogen) atoms. The molecule has 0 saturated heterocycles. The van der Waals surface area contributed by atoms with E-state index in [2.05, 4.69) is 44.2 Å². The van der Waals surface area contributed by atoms with Crippen molar-refractivity contribution in [3.8, 4) is 0 Å². The van der Waals surface area contributed by atoms with Gasteiger partial charge in [-0.3, -0.25) is 15.0 Å². The van der Waals surface area contributed by atoms with E-state index in [-0.39, 0.29) is 15.6 Å². The Morgan fingerprint density at radius 3 is 2.24 bits per heavy atom. The van der Waals surface area contributed by atoms with Crippen LogP contribution in [-0.2, 0) is 11.1 Å². The Morgan fingerprint density at radius 1 is 1.08 bits per heavy atom. The average molecular weight is 645 g/mol. The number of benzene rings is 2. The average Bonchev–Trinajstić information content (AvgIpc) is 2.80. The fourth-order valence-electron chi connectivity index (χ4n) is 3.65. The van der Waals surface area contributed by atoms with Gasteiger partial charge >= 0.3 is 7.48 Å². The van der Waals surface area contributed by atoms with E-state index in [1.54, 1.807) is 25.7 Å². The highest BCUT2D eigenvalue weighted by Crippen LogP contribution is 2.37. The van der Waals surface area contributed by atoms with E-state index in [1.807, 2.05) is 73.6 Å². The first kappa shape index (κ1) is 32.6. The number of carbonyl (C=O) groups is 2. The Kier molecular flexibility index (Phi) is 10.9. The molecule has 0 spiro atoms. The van der Waals surface area contributed by atoms with Gasteiger partial charge in [0.2, 0.25) is 0 Å². The first-order chi connectivity index (χ1) is 17.4. The number of carbonyl (C=O) groups excluding carboxylic acids is 2. The first-order valence-electron chi connectivity index (χ1n) is 12.9. The summed E-state index contributed by atoms with van der Waals surface area (Å²) < 4.78 is 5.96. The fraction of sp³-hybridized carbons (Fsp3) is 0.517. The van der Waals surface area contributed by atoms with Crippen molar-refractivity contribution >= 4 is 64.5 Å². The first-order valence-corrected chi connectivity index (χ1v) is 14.7. The highest BCUT2D eigenvalue weighted by Gasteiger charge is 2.34. The molecule has 203 valence electrons. The molecule has 5 nitrogen and oxygen atoms in total. The Morgan fingerprint density at radius 2 is 1.71 bits per heavy atom. The summed E-state index contributed by atoms with van der Waals surface area (Å²) in [7, 11) is 7.95. The zero-order chi connectivity index (χ0) is 29.1. The van der Waals surface area contributed by atoms with Gasteiger partial charge in [0.1, 0.15) is 0 Å². The van der Waals surface area contributed by atoms with Crippen molar-refractivity contribution in [1.82, 2.24) is 10.4 Å². The number of hydrazine groups is 1. The van der Waals surface area contributed by atoms with Gasteiger partial charge in [-0.05, 0) is 87.6 Å². The van der Waals surface area contributed by atoms with Crippen LogP contribution in [0.25, 0.3) is 0 Å². The zero-order valence-electron chi connectivity index (χ0n) is 24.0. The highest BCUT2D eigenvalue weighted by molar-refractivity contribution is 9.24. The van der Waals surface area contributed by atoms with Crippen LogP contribution in [0.5, 0.6) is 0 Å². The van der Waals surface area contributed by atoms with Crippen LogP contribution in [-0.4, -0.2) is 43.3 Å². The number of amides is 2. The van der Waals surface area contributed by atoms with Crippen molar-refractivity contribution in [2.24, 2.45) is 0 Å². The maximum absolute atomic E-state index is 13.8. The highest BCUT2D eigenvalue weighted by atomic mass is 79.9. The van der Waals surface area contributed by atoms with Crippen molar-refractivity contribution in [3.05, 3.63) is 64.2 Å². The lowest BCUT2D eigenvalue weighted by Crippen LogP contribution is -2.56.